The average Bonchev–Trinajstić information content (AvgIpc) is 2.42. The SMILES string of the molecule is CC1CCCN(CC2C(O)C(C)(C)OC2(C)C)C1C. The van der Waals surface area contributed by atoms with Gasteiger partial charge in [0.2, 0.25) is 0 Å². The number of hydrogen-bond donors (Lipinski definition) is 1. The Labute approximate surface area is 118 Å². The molecule has 0 aromatic heterocycles. The second-order valence-electron chi connectivity index (χ2n) is 7.72. The van der Waals surface area contributed by atoms with Crippen LogP contribution in [0, 0.1) is 11.8 Å². The third-order valence-electron chi connectivity index (χ3n) is 5.45. The van der Waals surface area contributed by atoms with Gasteiger partial charge in [-0.05, 0) is 59.9 Å². The third kappa shape index (κ3) is 2.84. The van der Waals surface area contributed by atoms with Gasteiger partial charge in [0.25, 0.3) is 0 Å². The lowest BCUT2D eigenvalue weighted by atomic mass is 9.82. The van der Waals surface area contributed by atoms with E-state index in [1.165, 1.54) is 12.8 Å². The topological polar surface area (TPSA) is 32.7 Å². The molecule has 0 aromatic carbocycles. The molecule has 4 unspecified atom stereocenters. The minimum absolute atomic E-state index is 0.190. The van der Waals surface area contributed by atoms with Crippen LogP contribution in [0.4, 0.5) is 0 Å². The van der Waals surface area contributed by atoms with Crippen LogP contribution < -0.4 is 0 Å². The van der Waals surface area contributed by atoms with E-state index < -0.39 is 5.60 Å². The first-order chi connectivity index (χ1) is 8.65. The number of ether oxygens (including phenoxy) is 1. The summed E-state index contributed by atoms with van der Waals surface area (Å²) in [5.74, 6) is 0.944. The molecule has 4 atom stereocenters. The predicted octanol–water partition coefficient (Wildman–Crippen LogP) is 2.67. The van der Waals surface area contributed by atoms with Crippen LogP contribution in [0.15, 0.2) is 0 Å². The number of nitrogens with zero attached hydrogens (tertiary/aromatic N) is 1. The van der Waals surface area contributed by atoms with Crippen LogP contribution in [0.3, 0.4) is 0 Å². The smallest absolute Gasteiger partial charge is 0.0896 e. The van der Waals surface area contributed by atoms with E-state index in [1.807, 2.05) is 13.8 Å². The van der Waals surface area contributed by atoms with Crippen molar-refractivity contribution in [1.29, 1.82) is 0 Å². The molecule has 2 aliphatic heterocycles. The Morgan fingerprint density at radius 3 is 2.32 bits per heavy atom. The molecule has 0 saturated carbocycles. The summed E-state index contributed by atoms with van der Waals surface area (Å²) in [5.41, 5.74) is -0.678. The van der Waals surface area contributed by atoms with Gasteiger partial charge in [-0.15, -0.1) is 0 Å². The molecule has 2 saturated heterocycles. The maximum absolute atomic E-state index is 10.6. The number of hydrogen-bond acceptors (Lipinski definition) is 3. The number of likely N-dealkylation sites (tertiary alicyclic amines) is 1. The summed E-state index contributed by atoms with van der Waals surface area (Å²) in [6, 6.07) is 0.612. The third-order valence-corrected chi connectivity index (χ3v) is 5.45. The molecule has 3 nitrogen and oxygen atoms in total. The summed E-state index contributed by atoms with van der Waals surface area (Å²) in [6.45, 7) is 15.0. The summed E-state index contributed by atoms with van der Waals surface area (Å²) in [6.07, 6.45) is 2.22. The van der Waals surface area contributed by atoms with E-state index in [0.717, 1.165) is 19.0 Å². The Kier molecular flexibility index (Phi) is 4.03. The van der Waals surface area contributed by atoms with Gasteiger partial charge in [-0.3, -0.25) is 4.90 Å². The fourth-order valence-electron chi connectivity index (χ4n) is 3.93. The summed E-state index contributed by atoms with van der Waals surface area (Å²) in [5, 5.41) is 10.6. The average molecular weight is 269 g/mol. The second-order valence-corrected chi connectivity index (χ2v) is 7.72. The highest BCUT2D eigenvalue weighted by atomic mass is 16.5. The molecule has 3 heteroatoms. The predicted molar refractivity (Wildman–Crippen MR) is 78.2 cm³/mol. The minimum atomic E-state index is -0.432. The van der Waals surface area contributed by atoms with E-state index >= 15 is 0 Å². The summed E-state index contributed by atoms with van der Waals surface area (Å²) < 4.78 is 6.09. The zero-order valence-corrected chi connectivity index (χ0v) is 13.4. The van der Waals surface area contributed by atoms with E-state index in [0.29, 0.717) is 6.04 Å². The van der Waals surface area contributed by atoms with Crippen LogP contribution in [-0.4, -0.2) is 46.4 Å². The summed E-state index contributed by atoms with van der Waals surface area (Å²) in [4.78, 5) is 2.55. The quantitative estimate of drug-likeness (QED) is 0.836. The van der Waals surface area contributed by atoms with Gasteiger partial charge in [-0.25, -0.2) is 0 Å². The van der Waals surface area contributed by atoms with Crippen LogP contribution in [0.2, 0.25) is 0 Å². The standard InChI is InChI=1S/C16H31NO2/c1-11-8-7-9-17(12(11)2)10-13-14(18)16(5,6)19-15(13,3)4/h11-14,18H,7-10H2,1-6H3. The zero-order chi connectivity index (χ0) is 14.4. The fourth-order valence-corrected chi connectivity index (χ4v) is 3.93. The molecule has 0 amide bonds. The van der Waals surface area contributed by atoms with Crippen LogP contribution in [0.25, 0.3) is 0 Å². The lowest BCUT2D eigenvalue weighted by molar-refractivity contribution is -0.0918. The van der Waals surface area contributed by atoms with Crippen LogP contribution in [-0.2, 0) is 4.74 Å². The van der Waals surface area contributed by atoms with E-state index in [2.05, 4.69) is 32.6 Å². The van der Waals surface area contributed by atoms with Crippen molar-refractivity contribution in [3.8, 4) is 0 Å². The molecule has 1 N–H and O–H groups in total. The van der Waals surface area contributed by atoms with Crippen molar-refractivity contribution < 1.29 is 9.84 Å². The molecule has 2 fully saturated rings. The Bertz CT molecular complexity index is 327. The lowest BCUT2D eigenvalue weighted by Gasteiger charge is -2.41. The maximum atomic E-state index is 10.6. The van der Waals surface area contributed by atoms with Crippen LogP contribution in [0.1, 0.15) is 54.4 Å². The summed E-state index contributed by atoms with van der Waals surface area (Å²) >= 11 is 0. The molecular formula is C16H31NO2. The first-order valence-electron chi connectivity index (χ1n) is 7.77. The Balaban J connectivity index is 2.09. The van der Waals surface area contributed by atoms with Gasteiger partial charge < -0.3 is 9.84 Å². The van der Waals surface area contributed by atoms with Crippen LogP contribution in [0.5, 0.6) is 0 Å². The number of rotatable bonds is 2. The second kappa shape index (κ2) is 5.01. The first kappa shape index (κ1) is 15.3. The van der Waals surface area contributed by atoms with Crippen molar-refractivity contribution in [1.82, 2.24) is 4.90 Å². The monoisotopic (exact) mass is 269 g/mol. The van der Waals surface area contributed by atoms with Gasteiger partial charge in [-0.2, -0.15) is 0 Å². The minimum Gasteiger partial charge on any atom is -0.390 e. The van der Waals surface area contributed by atoms with Crippen molar-refractivity contribution in [2.75, 3.05) is 13.1 Å². The van der Waals surface area contributed by atoms with E-state index in [9.17, 15) is 5.11 Å². The molecule has 0 aliphatic carbocycles. The number of aliphatic hydroxyl groups is 1. The molecule has 0 aromatic rings. The molecule has 0 radical (unpaired) electrons. The van der Waals surface area contributed by atoms with Crippen molar-refractivity contribution >= 4 is 0 Å². The van der Waals surface area contributed by atoms with Gasteiger partial charge in [0, 0.05) is 18.5 Å². The largest absolute Gasteiger partial charge is 0.390 e. The normalized spacial score (nSPS) is 42.5. The van der Waals surface area contributed by atoms with Crippen molar-refractivity contribution in [2.24, 2.45) is 11.8 Å². The van der Waals surface area contributed by atoms with E-state index in [4.69, 9.17) is 4.74 Å². The highest BCUT2D eigenvalue weighted by Crippen LogP contribution is 2.43. The molecule has 2 rings (SSSR count). The number of aliphatic hydroxyl groups excluding tert-OH is 1. The highest BCUT2D eigenvalue weighted by Gasteiger charge is 2.53. The van der Waals surface area contributed by atoms with E-state index in [-0.39, 0.29) is 17.6 Å². The highest BCUT2D eigenvalue weighted by molar-refractivity contribution is 5.03. The molecule has 0 spiro atoms. The maximum Gasteiger partial charge on any atom is 0.0896 e. The van der Waals surface area contributed by atoms with Crippen molar-refractivity contribution in [3.63, 3.8) is 0 Å². The fraction of sp³-hybridized carbons (Fsp3) is 1.00. The zero-order valence-electron chi connectivity index (χ0n) is 13.4. The molecule has 2 heterocycles. The molecular weight excluding hydrogens is 238 g/mol. The molecule has 2 aliphatic rings. The first-order valence-corrected chi connectivity index (χ1v) is 7.77. The van der Waals surface area contributed by atoms with Crippen LogP contribution >= 0.6 is 0 Å². The lowest BCUT2D eigenvalue weighted by Crippen LogP contribution is -2.49. The van der Waals surface area contributed by atoms with Crippen molar-refractivity contribution in [3.05, 3.63) is 0 Å². The Hall–Kier alpha value is -0.120. The van der Waals surface area contributed by atoms with Gasteiger partial charge in [0.05, 0.1) is 17.3 Å². The van der Waals surface area contributed by atoms with Gasteiger partial charge in [0.1, 0.15) is 0 Å². The summed E-state index contributed by atoms with van der Waals surface area (Å²) in [7, 11) is 0. The molecule has 0 bridgehead atoms. The van der Waals surface area contributed by atoms with Crippen molar-refractivity contribution in [2.45, 2.75) is 77.7 Å². The van der Waals surface area contributed by atoms with E-state index in [1.54, 1.807) is 0 Å². The van der Waals surface area contributed by atoms with Gasteiger partial charge in [-0.1, -0.05) is 6.92 Å². The van der Waals surface area contributed by atoms with Gasteiger partial charge >= 0.3 is 0 Å². The number of piperidine rings is 1. The Morgan fingerprint density at radius 2 is 1.79 bits per heavy atom. The molecule has 112 valence electrons. The molecule has 19 heavy (non-hydrogen) atoms. The van der Waals surface area contributed by atoms with Gasteiger partial charge in [0.15, 0.2) is 0 Å². The Morgan fingerprint density at radius 1 is 1.16 bits per heavy atom.